The second-order valence-corrected chi connectivity index (χ2v) is 7.89. The van der Waals surface area contributed by atoms with Gasteiger partial charge in [-0.1, -0.05) is 13.8 Å². The van der Waals surface area contributed by atoms with Crippen LogP contribution in [0.3, 0.4) is 0 Å². The zero-order valence-corrected chi connectivity index (χ0v) is 14.5. The molecule has 1 N–H and O–H groups in total. The Hall–Kier alpha value is -0.160. The summed E-state index contributed by atoms with van der Waals surface area (Å²) in [5.74, 6) is 0.708. The van der Waals surface area contributed by atoms with Gasteiger partial charge in [-0.15, -0.1) is 0 Å². The Balaban J connectivity index is 1.70. The zero-order chi connectivity index (χ0) is 15.5. The Kier molecular flexibility index (Phi) is 6.06. The standard InChI is InChI=1S/C17H34N2O2/c1-13(2)8-18-9-15-6-7-16(20-15)11-19-10-14(3)21-17(4,5)12-19/h13-16,18H,6-12H2,1-5H3. The van der Waals surface area contributed by atoms with Crippen molar-refractivity contribution < 1.29 is 9.47 Å². The molecule has 3 atom stereocenters. The van der Waals surface area contributed by atoms with E-state index in [2.05, 4.69) is 44.8 Å². The van der Waals surface area contributed by atoms with Gasteiger partial charge in [-0.05, 0) is 46.1 Å². The molecule has 2 aliphatic heterocycles. The van der Waals surface area contributed by atoms with E-state index in [-0.39, 0.29) is 5.60 Å². The first-order valence-electron chi connectivity index (χ1n) is 8.60. The number of morpholine rings is 1. The van der Waals surface area contributed by atoms with Crippen LogP contribution in [0.15, 0.2) is 0 Å². The van der Waals surface area contributed by atoms with Crippen molar-refractivity contribution in [1.29, 1.82) is 0 Å². The van der Waals surface area contributed by atoms with Crippen LogP contribution in [0, 0.1) is 5.92 Å². The zero-order valence-electron chi connectivity index (χ0n) is 14.5. The molecule has 0 radical (unpaired) electrons. The molecule has 0 aromatic rings. The van der Waals surface area contributed by atoms with Gasteiger partial charge < -0.3 is 14.8 Å². The van der Waals surface area contributed by atoms with E-state index < -0.39 is 0 Å². The summed E-state index contributed by atoms with van der Waals surface area (Å²) < 4.78 is 12.2. The smallest absolute Gasteiger partial charge is 0.0757 e. The highest BCUT2D eigenvalue weighted by atomic mass is 16.5. The van der Waals surface area contributed by atoms with Gasteiger partial charge in [-0.3, -0.25) is 4.90 Å². The molecule has 0 saturated carbocycles. The van der Waals surface area contributed by atoms with Gasteiger partial charge in [0.25, 0.3) is 0 Å². The van der Waals surface area contributed by atoms with Gasteiger partial charge in [0.15, 0.2) is 0 Å². The van der Waals surface area contributed by atoms with E-state index in [9.17, 15) is 0 Å². The maximum Gasteiger partial charge on any atom is 0.0757 e. The fourth-order valence-electron chi connectivity index (χ4n) is 3.61. The highest BCUT2D eigenvalue weighted by Crippen LogP contribution is 2.24. The Morgan fingerprint density at radius 3 is 2.62 bits per heavy atom. The van der Waals surface area contributed by atoms with Crippen molar-refractivity contribution in [1.82, 2.24) is 10.2 Å². The van der Waals surface area contributed by atoms with Crippen molar-refractivity contribution in [3.63, 3.8) is 0 Å². The van der Waals surface area contributed by atoms with Gasteiger partial charge in [0, 0.05) is 26.2 Å². The first-order valence-corrected chi connectivity index (χ1v) is 8.60. The molecular formula is C17H34N2O2. The first-order chi connectivity index (χ1) is 9.84. The minimum atomic E-state index is -0.0332. The average molecular weight is 298 g/mol. The SMILES string of the molecule is CC(C)CNCC1CCC(CN2CC(C)OC(C)(C)C2)O1. The van der Waals surface area contributed by atoms with E-state index in [4.69, 9.17) is 9.47 Å². The molecular weight excluding hydrogens is 264 g/mol. The summed E-state index contributed by atoms with van der Waals surface area (Å²) in [7, 11) is 0. The molecule has 2 aliphatic rings. The van der Waals surface area contributed by atoms with Crippen LogP contribution >= 0.6 is 0 Å². The fourth-order valence-corrected chi connectivity index (χ4v) is 3.61. The van der Waals surface area contributed by atoms with Gasteiger partial charge in [0.2, 0.25) is 0 Å². The van der Waals surface area contributed by atoms with Crippen molar-refractivity contribution >= 4 is 0 Å². The van der Waals surface area contributed by atoms with Crippen LogP contribution in [0.25, 0.3) is 0 Å². The number of nitrogens with zero attached hydrogens (tertiary/aromatic N) is 1. The molecule has 2 fully saturated rings. The third kappa shape index (κ3) is 5.85. The van der Waals surface area contributed by atoms with Crippen molar-refractivity contribution in [2.24, 2.45) is 5.92 Å². The number of rotatable bonds is 6. The van der Waals surface area contributed by atoms with Crippen LogP contribution in [0.2, 0.25) is 0 Å². The maximum absolute atomic E-state index is 6.20. The molecule has 2 heterocycles. The van der Waals surface area contributed by atoms with E-state index in [1.54, 1.807) is 0 Å². The average Bonchev–Trinajstić information content (AvgIpc) is 2.73. The lowest BCUT2D eigenvalue weighted by atomic mass is 10.0. The minimum absolute atomic E-state index is 0.0332. The van der Waals surface area contributed by atoms with E-state index in [1.807, 2.05) is 0 Å². The fraction of sp³-hybridized carbons (Fsp3) is 1.00. The monoisotopic (exact) mass is 298 g/mol. The summed E-state index contributed by atoms with van der Waals surface area (Å²) >= 11 is 0. The lowest BCUT2D eigenvalue weighted by molar-refractivity contribution is -0.135. The molecule has 0 aromatic heterocycles. The summed E-state index contributed by atoms with van der Waals surface area (Å²) in [6.45, 7) is 16.2. The Morgan fingerprint density at radius 1 is 1.24 bits per heavy atom. The Labute approximate surface area is 130 Å². The summed E-state index contributed by atoms with van der Waals surface area (Å²) in [4.78, 5) is 2.52. The van der Waals surface area contributed by atoms with Gasteiger partial charge >= 0.3 is 0 Å². The Bertz CT molecular complexity index is 320. The second kappa shape index (κ2) is 7.40. The van der Waals surface area contributed by atoms with Crippen molar-refractivity contribution in [3.8, 4) is 0 Å². The quantitative estimate of drug-likeness (QED) is 0.816. The number of ether oxygens (including phenoxy) is 2. The molecule has 0 aliphatic carbocycles. The second-order valence-electron chi connectivity index (χ2n) is 7.89. The molecule has 2 saturated heterocycles. The molecule has 0 spiro atoms. The first kappa shape index (κ1) is 17.2. The normalized spacial score (nSPS) is 33.7. The molecule has 0 bridgehead atoms. The van der Waals surface area contributed by atoms with E-state index in [0.29, 0.717) is 24.2 Å². The number of hydrogen-bond donors (Lipinski definition) is 1. The van der Waals surface area contributed by atoms with Gasteiger partial charge in [0.1, 0.15) is 0 Å². The third-order valence-corrected chi connectivity index (χ3v) is 4.22. The van der Waals surface area contributed by atoms with Crippen LogP contribution in [0.5, 0.6) is 0 Å². The summed E-state index contributed by atoms with van der Waals surface area (Å²) in [5.41, 5.74) is -0.0332. The molecule has 0 aromatic carbocycles. The van der Waals surface area contributed by atoms with E-state index in [0.717, 1.165) is 32.7 Å². The van der Waals surface area contributed by atoms with Gasteiger partial charge in [-0.2, -0.15) is 0 Å². The maximum atomic E-state index is 6.20. The third-order valence-electron chi connectivity index (χ3n) is 4.22. The molecule has 4 nitrogen and oxygen atoms in total. The summed E-state index contributed by atoms with van der Waals surface area (Å²) in [5, 5.41) is 3.51. The van der Waals surface area contributed by atoms with Crippen LogP contribution < -0.4 is 5.32 Å². The van der Waals surface area contributed by atoms with E-state index >= 15 is 0 Å². The van der Waals surface area contributed by atoms with Crippen LogP contribution in [-0.2, 0) is 9.47 Å². The van der Waals surface area contributed by atoms with Crippen molar-refractivity contribution in [2.75, 3.05) is 32.7 Å². The lowest BCUT2D eigenvalue weighted by Crippen LogP contribution is -2.53. The number of nitrogens with one attached hydrogen (secondary N) is 1. The molecule has 2 rings (SSSR count). The molecule has 0 amide bonds. The lowest BCUT2D eigenvalue weighted by Gasteiger charge is -2.42. The highest BCUT2D eigenvalue weighted by molar-refractivity contribution is 4.85. The molecule has 21 heavy (non-hydrogen) atoms. The topological polar surface area (TPSA) is 33.7 Å². The summed E-state index contributed by atoms with van der Waals surface area (Å²) in [6.07, 6.45) is 3.51. The molecule has 4 heteroatoms. The van der Waals surface area contributed by atoms with Gasteiger partial charge in [0.05, 0.1) is 23.9 Å². The molecule has 3 unspecified atom stereocenters. The predicted molar refractivity (Wildman–Crippen MR) is 86.7 cm³/mol. The highest BCUT2D eigenvalue weighted by Gasteiger charge is 2.34. The van der Waals surface area contributed by atoms with Crippen molar-refractivity contribution in [2.45, 2.75) is 71.4 Å². The van der Waals surface area contributed by atoms with Crippen LogP contribution in [-0.4, -0.2) is 61.5 Å². The van der Waals surface area contributed by atoms with E-state index in [1.165, 1.54) is 12.8 Å². The van der Waals surface area contributed by atoms with Crippen LogP contribution in [0.4, 0.5) is 0 Å². The van der Waals surface area contributed by atoms with Gasteiger partial charge in [-0.25, -0.2) is 0 Å². The predicted octanol–water partition coefficient (Wildman–Crippen LogP) is 2.28. The minimum Gasteiger partial charge on any atom is -0.372 e. The summed E-state index contributed by atoms with van der Waals surface area (Å²) in [6, 6.07) is 0. The molecule has 124 valence electrons. The Morgan fingerprint density at radius 2 is 1.95 bits per heavy atom. The van der Waals surface area contributed by atoms with Crippen LogP contribution in [0.1, 0.15) is 47.5 Å². The van der Waals surface area contributed by atoms with Crippen molar-refractivity contribution in [3.05, 3.63) is 0 Å². The number of hydrogen-bond acceptors (Lipinski definition) is 4. The largest absolute Gasteiger partial charge is 0.372 e.